The average Bonchev–Trinajstić information content (AvgIpc) is 2.39. The highest BCUT2D eigenvalue weighted by molar-refractivity contribution is 5.18. The van der Waals surface area contributed by atoms with E-state index >= 15 is 0 Å². The predicted octanol–water partition coefficient (Wildman–Crippen LogP) is 3.42. The number of aliphatic hydroxyl groups excluding tert-OH is 1. The summed E-state index contributed by atoms with van der Waals surface area (Å²) in [5.41, 5.74) is 1.30. The molecule has 0 spiro atoms. The van der Waals surface area contributed by atoms with Crippen molar-refractivity contribution in [1.82, 2.24) is 5.32 Å². The van der Waals surface area contributed by atoms with Gasteiger partial charge >= 0.3 is 0 Å². The molecule has 1 aromatic rings. The van der Waals surface area contributed by atoms with E-state index in [1.165, 1.54) is 31.2 Å². The van der Waals surface area contributed by atoms with Crippen LogP contribution in [-0.4, -0.2) is 17.3 Å². The molecule has 2 rings (SSSR count). The molecule has 2 N–H and O–H groups in total. The van der Waals surface area contributed by atoms with E-state index in [2.05, 4.69) is 36.5 Å². The molecule has 0 saturated heterocycles. The number of benzene rings is 1. The molecule has 18 heavy (non-hydrogen) atoms. The van der Waals surface area contributed by atoms with Gasteiger partial charge in [0.25, 0.3) is 0 Å². The highest BCUT2D eigenvalue weighted by atomic mass is 16.3. The fraction of sp³-hybridized carbons (Fsp3) is 0.625. The summed E-state index contributed by atoms with van der Waals surface area (Å²) in [7, 11) is 0. The van der Waals surface area contributed by atoms with Crippen molar-refractivity contribution in [2.75, 3.05) is 0 Å². The summed E-state index contributed by atoms with van der Waals surface area (Å²) in [6, 6.07) is 11.0. The van der Waals surface area contributed by atoms with E-state index in [-0.39, 0.29) is 12.1 Å². The van der Waals surface area contributed by atoms with Crippen LogP contribution in [-0.2, 0) is 0 Å². The van der Waals surface area contributed by atoms with Crippen LogP contribution >= 0.6 is 0 Å². The average molecular weight is 247 g/mol. The van der Waals surface area contributed by atoms with Gasteiger partial charge in [-0.3, -0.25) is 0 Å². The lowest BCUT2D eigenvalue weighted by atomic mass is 9.93. The number of hydrogen-bond donors (Lipinski definition) is 2. The zero-order chi connectivity index (χ0) is 12.8. The molecule has 1 fully saturated rings. The monoisotopic (exact) mass is 247 g/mol. The van der Waals surface area contributed by atoms with Crippen molar-refractivity contribution in [1.29, 1.82) is 0 Å². The number of hydrogen-bond acceptors (Lipinski definition) is 2. The van der Waals surface area contributed by atoms with Gasteiger partial charge in [-0.15, -0.1) is 0 Å². The molecule has 0 aliphatic heterocycles. The molecular formula is C16H25NO. The highest BCUT2D eigenvalue weighted by Gasteiger charge is 2.22. The molecule has 1 aliphatic carbocycles. The van der Waals surface area contributed by atoms with Crippen molar-refractivity contribution in [3.63, 3.8) is 0 Å². The van der Waals surface area contributed by atoms with Gasteiger partial charge in [0.2, 0.25) is 0 Å². The Labute approximate surface area is 110 Å². The van der Waals surface area contributed by atoms with Gasteiger partial charge in [0.05, 0.1) is 6.10 Å². The van der Waals surface area contributed by atoms with Crippen molar-refractivity contribution >= 4 is 0 Å². The van der Waals surface area contributed by atoms with Crippen LogP contribution in [0, 0.1) is 0 Å². The van der Waals surface area contributed by atoms with E-state index in [9.17, 15) is 5.11 Å². The molecule has 3 atom stereocenters. The Balaban J connectivity index is 1.94. The second-order valence-electron chi connectivity index (χ2n) is 5.46. The van der Waals surface area contributed by atoms with Crippen LogP contribution in [0.2, 0.25) is 0 Å². The Morgan fingerprint density at radius 1 is 1.06 bits per heavy atom. The van der Waals surface area contributed by atoms with Gasteiger partial charge in [-0.25, -0.2) is 0 Å². The molecule has 1 saturated carbocycles. The summed E-state index contributed by atoms with van der Waals surface area (Å²) in [5, 5.41) is 13.8. The molecule has 0 radical (unpaired) electrons. The first kappa shape index (κ1) is 13.6. The molecule has 1 aromatic carbocycles. The van der Waals surface area contributed by atoms with Crippen LogP contribution in [0.1, 0.15) is 57.1 Å². The van der Waals surface area contributed by atoms with Gasteiger partial charge in [0.15, 0.2) is 0 Å². The van der Waals surface area contributed by atoms with Gasteiger partial charge in [-0.2, -0.15) is 0 Å². The van der Waals surface area contributed by atoms with E-state index in [0.29, 0.717) is 6.04 Å². The summed E-state index contributed by atoms with van der Waals surface area (Å²) in [6.45, 7) is 2.18. The van der Waals surface area contributed by atoms with Gasteiger partial charge < -0.3 is 10.4 Å². The molecule has 0 heterocycles. The van der Waals surface area contributed by atoms with Crippen LogP contribution < -0.4 is 5.32 Å². The predicted molar refractivity (Wildman–Crippen MR) is 75.5 cm³/mol. The minimum absolute atomic E-state index is 0.184. The number of rotatable bonds is 3. The first-order valence-corrected chi connectivity index (χ1v) is 7.26. The molecule has 1 aliphatic rings. The number of nitrogens with one attached hydrogen (secondary N) is 1. The maximum atomic E-state index is 10.2. The van der Waals surface area contributed by atoms with Crippen molar-refractivity contribution in [3.8, 4) is 0 Å². The Morgan fingerprint density at radius 3 is 2.44 bits per heavy atom. The van der Waals surface area contributed by atoms with Gasteiger partial charge in [0, 0.05) is 12.1 Å². The third-order valence-electron chi connectivity index (χ3n) is 3.99. The van der Waals surface area contributed by atoms with E-state index in [0.717, 1.165) is 12.8 Å². The third-order valence-corrected chi connectivity index (χ3v) is 3.99. The molecule has 0 amide bonds. The third kappa shape index (κ3) is 3.82. The maximum Gasteiger partial charge on any atom is 0.0693 e. The Kier molecular flexibility index (Phi) is 5.21. The van der Waals surface area contributed by atoms with E-state index in [1.807, 2.05) is 6.07 Å². The summed E-state index contributed by atoms with van der Waals surface area (Å²) in [5.74, 6) is 0. The second kappa shape index (κ2) is 6.91. The zero-order valence-corrected chi connectivity index (χ0v) is 11.3. The quantitative estimate of drug-likeness (QED) is 0.857. The fourth-order valence-corrected chi connectivity index (χ4v) is 2.82. The molecular weight excluding hydrogens is 222 g/mol. The van der Waals surface area contributed by atoms with Crippen LogP contribution in [0.5, 0.6) is 0 Å². The fourth-order valence-electron chi connectivity index (χ4n) is 2.82. The summed E-state index contributed by atoms with van der Waals surface area (Å²) >= 11 is 0. The Bertz CT molecular complexity index is 338. The Hall–Kier alpha value is -0.860. The summed E-state index contributed by atoms with van der Waals surface area (Å²) in [4.78, 5) is 0. The topological polar surface area (TPSA) is 32.3 Å². The lowest BCUT2D eigenvalue weighted by Crippen LogP contribution is -2.41. The van der Waals surface area contributed by atoms with Crippen molar-refractivity contribution in [2.45, 2.75) is 63.6 Å². The zero-order valence-electron chi connectivity index (χ0n) is 11.3. The van der Waals surface area contributed by atoms with E-state index in [1.54, 1.807) is 0 Å². The summed E-state index contributed by atoms with van der Waals surface area (Å²) < 4.78 is 0. The van der Waals surface area contributed by atoms with Crippen molar-refractivity contribution in [3.05, 3.63) is 35.9 Å². The minimum Gasteiger partial charge on any atom is -0.392 e. The van der Waals surface area contributed by atoms with E-state index < -0.39 is 0 Å². The standard InChI is InChI=1S/C16H25NO/c1-13(14-9-5-4-6-10-14)17-15-11-7-2-3-8-12-16(15)18/h4-6,9-10,13,15-18H,2-3,7-8,11-12H2,1H3/t13-,15+,16+/m0/s1. The number of aliphatic hydroxyl groups is 1. The first-order valence-electron chi connectivity index (χ1n) is 7.26. The van der Waals surface area contributed by atoms with Crippen LogP contribution in [0.25, 0.3) is 0 Å². The molecule has 2 nitrogen and oxygen atoms in total. The Morgan fingerprint density at radius 2 is 1.72 bits per heavy atom. The first-order chi connectivity index (χ1) is 8.77. The van der Waals surface area contributed by atoms with Gasteiger partial charge in [0.1, 0.15) is 0 Å². The SMILES string of the molecule is C[C@H](N[C@@H]1CCCCCC[C@H]1O)c1ccccc1. The molecule has 0 bridgehead atoms. The van der Waals surface area contributed by atoms with Gasteiger partial charge in [-0.05, 0) is 25.3 Å². The molecule has 2 heteroatoms. The highest BCUT2D eigenvalue weighted by Crippen LogP contribution is 2.21. The normalized spacial score (nSPS) is 27.2. The van der Waals surface area contributed by atoms with Crippen molar-refractivity contribution in [2.24, 2.45) is 0 Å². The molecule has 0 unspecified atom stereocenters. The lowest BCUT2D eigenvalue weighted by molar-refractivity contribution is 0.0985. The molecule has 100 valence electrons. The van der Waals surface area contributed by atoms with Gasteiger partial charge in [-0.1, -0.05) is 56.0 Å². The molecule has 0 aromatic heterocycles. The summed E-state index contributed by atoms with van der Waals surface area (Å²) in [6.07, 6.45) is 6.84. The van der Waals surface area contributed by atoms with Crippen LogP contribution in [0.4, 0.5) is 0 Å². The smallest absolute Gasteiger partial charge is 0.0693 e. The van der Waals surface area contributed by atoms with Crippen LogP contribution in [0.15, 0.2) is 30.3 Å². The largest absolute Gasteiger partial charge is 0.392 e. The second-order valence-corrected chi connectivity index (χ2v) is 5.46. The maximum absolute atomic E-state index is 10.2. The lowest BCUT2D eigenvalue weighted by Gasteiger charge is -2.29. The van der Waals surface area contributed by atoms with Crippen LogP contribution in [0.3, 0.4) is 0 Å². The van der Waals surface area contributed by atoms with E-state index in [4.69, 9.17) is 0 Å². The minimum atomic E-state index is -0.184. The van der Waals surface area contributed by atoms with Crippen molar-refractivity contribution < 1.29 is 5.11 Å².